The van der Waals surface area contributed by atoms with Gasteiger partial charge in [0.15, 0.2) is 0 Å². The first-order valence-electron chi connectivity index (χ1n) is 4.89. The summed E-state index contributed by atoms with van der Waals surface area (Å²) >= 11 is 0. The zero-order chi connectivity index (χ0) is 10.8. The molecule has 0 fully saturated rings. The predicted octanol–water partition coefficient (Wildman–Crippen LogP) is 3.16. The molecule has 1 aromatic carbocycles. The molecule has 0 aliphatic rings. The fourth-order valence-corrected chi connectivity index (χ4v) is 1.43. The van der Waals surface area contributed by atoms with Crippen LogP contribution >= 0.6 is 0 Å². The van der Waals surface area contributed by atoms with E-state index in [-0.39, 0.29) is 6.10 Å². The topological polar surface area (TPSA) is 22.1 Å². The molecule has 0 saturated heterocycles. The summed E-state index contributed by atoms with van der Waals surface area (Å²) in [7, 11) is 0. The third kappa shape index (κ3) is 2.06. The van der Waals surface area contributed by atoms with E-state index in [0.717, 1.165) is 5.39 Å². The third-order valence-electron chi connectivity index (χ3n) is 2.03. The molecule has 0 N–H and O–H groups in total. The zero-order valence-corrected chi connectivity index (χ0v) is 8.70. The number of hydrogen-bond donors (Lipinski definition) is 0. The average molecular weight is 205 g/mol. The van der Waals surface area contributed by atoms with Gasteiger partial charge in [-0.3, -0.25) is 0 Å². The van der Waals surface area contributed by atoms with Crippen LogP contribution in [0.2, 0.25) is 0 Å². The van der Waals surface area contributed by atoms with Crippen LogP contribution in [0.5, 0.6) is 5.88 Å². The Balaban J connectivity index is 2.52. The lowest BCUT2D eigenvalue weighted by molar-refractivity contribution is 0.230. The highest BCUT2D eigenvalue weighted by Crippen LogP contribution is 2.21. The Labute approximate surface area is 87.7 Å². The van der Waals surface area contributed by atoms with Gasteiger partial charge in [-0.2, -0.15) is 9.37 Å². The number of hydrogen-bond acceptors (Lipinski definition) is 2. The highest BCUT2D eigenvalue weighted by Gasteiger charge is 2.06. The fraction of sp³-hybridized carbons (Fsp3) is 0.250. The number of ether oxygens (including phenoxy) is 1. The highest BCUT2D eigenvalue weighted by atomic mass is 19.1. The van der Waals surface area contributed by atoms with E-state index in [9.17, 15) is 4.39 Å². The van der Waals surface area contributed by atoms with Crippen molar-refractivity contribution in [1.29, 1.82) is 0 Å². The van der Waals surface area contributed by atoms with Crippen LogP contribution in [0.1, 0.15) is 13.8 Å². The smallest absolute Gasteiger partial charge is 0.224 e. The van der Waals surface area contributed by atoms with E-state index in [1.165, 1.54) is 0 Å². The molecule has 2 aromatic rings. The molecular weight excluding hydrogens is 193 g/mol. The van der Waals surface area contributed by atoms with E-state index in [2.05, 4.69) is 4.98 Å². The normalized spacial score (nSPS) is 10.9. The maximum absolute atomic E-state index is 13.5. The summed E-state index contributed by atoms with van der Waals surface area (Å²) in [5.41, 5.74) is 0. The lowest BCUT2D eigenvalue weighted by Gasteiger charge is -2.09. The van der Waals surface area contributed by atoms with Gasteiger partial charge in [-0.15, -0.1) is 0 Å². The molecule has 0 aliphatic heterocycles. The fourth-order valence-electron chi connectivity index (χ4n) is 1.43. The van der Waals surface area contributed by atoms with Crippen LogP contribution < -0.4 is 4.74 Å². The minimum atomic E-state index is -0.483. The van der Waals surface area contributed by atoms with Gasteiger partial charge in [-0.05, 0) is 25.3 Å². The van der Waals surface area contributed by atoms with Gasteiger partial charge < -0.3 is 4.74 Å². The van der Waals surface area contributed by atoms with E-state index < -0.39 is 5.95 Å². The molecule has 2 rings (SSSR count). The Hall–Kier alpha value is -1.64. The maximum Gasteiger partial charge on any atom is 0.224 e. The van der Waals surface area contributed by atoms with Crippen molar-refractivity contribution in [3.8, 4) is 5.88 Å². The molecule has 2 nitrogen and oxygen atoms in total. The van der Waals surface area contributed by atoms with Crippen LogP contribution in [0.25, 0.3) is 10.8 Å². The van der Waals surface area contributed by atoms with E-state index in [0.29, 0.717) is 11.3 Å². The predicted molar refractivity (Wildman–Crippen MR) is 57.5 cm³/mol. The Morgan fingerprint density at radius 1 is 1.27 bits per heavy atom. The molecule has 0 aliphatic carbocycles. The summed E-state index contributed by atoms with van der Waals surface area (Å²) in [4.78, 5) is 3.75. The molecule has 0 atom stereocenters. The van der Waals surface area contributed by atoms with Crippen LogP contribution in [0.3, 0.4) is 0 Å². The van der Waals surface area contributed by atoms with Crippen molar-refractivity contribution < 1.29 is 9.13 Å². The van der Waals surface area contributed by atoms with Crippen LogP contribution in [-0.2, 0) is 0 Å². The molecule has 78 valence electrons. The second kappa shape index (κ2) is 3.85. The van der Waals surface area contributed by atoms with Gasteiger partial charge in [0, 0.05) is 11.5 Å². The van der Waals surface area contributed by atoms with Gasteiger partial charge in [0.2, 0.25) is 11.8 Å². The van der Waals surface area contributed by atoms with Gasteiger partial charge in [0.25, 0.3) is 0 Å². The number of pyridine rings is 1. The molecule has 1 aromatic heterocycles. The van der Waals surface area contributed by atoms with Crippen molar-refractivity contribution in [3.05, 3.63) is 36.3 Å². The summed E-state index contributed by atoms with van der Waals surface area (Å²) < 4.78 is 18.9. The lowest BCUT2D eigenvalue weighted by Crippen LogP contribution is -2.07. The Morgan fingerprint density at radius 3 is 2.73 bits per heavy atom. The minimum Gasteiger partial charge on any atom is -0.475 e. The van der Waals surface area contributed by atoms with E-state index in [4.69, 9.17) is 4.74 Å². The number of benzene rings is 1. The van der Waals surface area contributed by atoms with Gasteiger partial charge in [0.05, 0.1) is 6.10 Å². The number of halogens is 1. The third-order valence-corrected chi connectivity index (χ3v) is 2.03. The molecule has 0 saturated carbocycles. The molecule has 15 heavy (non-hydrogen) atoms. The van der Waals surface area contributed by atoms with E-state index in [1.54, 1.807) is 18.2 Å². The van der Waals surface area contributed by atoms with Crippen molar-refractivity contribution >= 4 is 10.8 Å². The van der Waals surface area contributed by atoms with Crippen LogP contribution in [-0.4, -0.2) is 11.1 Å². The molecule has 0 amide bonds. The van der Waals surface area contributed by atoms with Gasteiger partial charge in [-0.1, -0.05) is 18.2 Å². The van der Waals surface area contributed by atoms with Gasteiger partial charge in [-0.25, -0.2) is 0 Å². The summed E-state index contributed by atoms with van der Waals surface area (Å²) in [6, 6.07) is 8.94. The highest BCUT2D eigenvalue weighted by molar-refractivity contribution is 5.82. The van der Waals surface area contributed by atoms with E-state index >= 15 is 0 Å². The van der Waals surface area contributed by atoms with Crippen molar-refractivity contribution in [2.75, 3.05) is 0 Å². The largest absolute Gasteiger partial charge is 0.475 e. The quantitative estimate of drug-likeness (QED) is 0.702. The molecule has 1 heterocycles. The van der Waals surface area contributed by atoms with Crippen LogP contribution in [0.4, 0.5) is 4.39 Å². The average Bonchev–Trinajstić information content (AvgIpc) is 2.16. The Kier molecular flexibility index (Phi) is 2.54. The maximum atomic E-state index is 13.5. The number of nitrogens with zero attached hydrogens (tertiary/aromatic N) is 1. The first-order valence-corrected chi connectivity index (χ1v) is 4.89. The Morgan fingerprint density at radius 2 is 2.00 bits per heavy atom. The van der Waals surface area contributed by atoms with Gasteiger partial charge in [0.1, 0.15) is 0 Å². The second-order valence-corrected chi connectivity index (χ2v) is 3.64. The minimum absolute atomic E-state index is 0.00179. The number of rotatable bonds is 2. The zero-order valence-electron chi connectivity index (χ0n) is 8.70. The number of fused-ring (bicyclic) bond motifs is 1. The summed E-state index contributed by atoms with van der Waals surface area (Å²) in [5.74, 6) is -0.148. The van der Waals surface area contributed by atoms with Crippen LogP contribution in [0, 0.1) is 5.95 Å². The van der Waals surface area contributed by atoms with Gasteiger partial charge >= 0.3 is 0 Å². The summed E-state index contributed by atoms with van der Waals surface area (Å²) in [6.45, 7) is 3.77. The van der Waals surface area contributed by atoms with Crippen LogP contribution in [0.15, 0.2) is 30.3 Å². The van der Waals surface area contributed by atoms with E-state index in [1.807, 2.05) is 26.0 Å². The monoisotopic (exact) mass is 205 g/mol. The van der Waals surface area contributed by atoms with Crippen molar-refractivity contribution in [2.45, 2.75) is 20.0 Å². The Bertz CT molecular complexity index is 482. The molecule has 0 spiro atoms. The first-order chi connectivity index (χ1) is 7.16. The summed E-state index contributed by atoms with van der Waals surface area (Å²) in [6.07, 6.45) is -0.00179. The molecule has 3 heteroatoms. The van der Waals surface area contributed by atoms with Crippen molar-refractivity contribution in [2.24, 2.45) is 0 Å². The summed E-state index contributed by atoms with van der Waals surface area (Å²) in [5, 5.41) is 1.33. The first kappa shape index (κ1) is 9.90. The molecular formula is C12H12FNO. The molecule has 0 radical (unpaired) electrons. The molecule has 0 bridgehead atoms. The SMILES string of the molecule is CC(C)Oc1cc2ccccc2c(F)n1. The van der Waals surface area contributed by atoms with Crippen molar-refractivity contribution in [1.82, 2.24) is 4.98 Å². The standard InChI is InChI=1S/C12H12FNO/c1-8(2)15-11-7-9-5-3-4-6-10(9)12(13)14-11/h3-8H,1-2H3. The molecule has 0 unspecified atom stereocenters. The van der Waals surface area contributed by atoms with Crippen molar-refractivity contribution in [3.63, 3.8) is 0 Å². The number of aromatic nitrogens is 1. The second-order valence-electron chi connectivity index (χ2n) is 3.64. The lowest BCUT2D eigenvalue weighted by atomic mass is 10.2.